The van der Waals surface area contributed by atoms with E-state index in [2.05, 4.69) is 31.3 Å². The molecule has 3 N–H and O–H groups in total. The molecule has 2 atom stereocenters. The second-order valence-electron chi connectivity index (χ2n) is 6.26. The van der Waals surface area contributed by atoms with Crippen molar-refractivity contribution >= 4 is 5.91 Å². The summed E-state index contributed by atoms with van der Waals surface area (Å²) in [5.74, 6) is 1.09. The summed E-state index contributed by atoms with van der Waals surface area (Å²) in [6, 6.07) is 8.22. The molecule has 1 aromatic carbocycles. The molecule has 1 aliphatic carbocycles. The van der Waals surface area contributed by atoms with Crippen molar-refractivity contribution in [1.29, 1.82) is 0 Å². The van der Waals surface area contributed by atoms with E-state index in [9.17, 15) is 4.79 Å². The lowest BCUT2D eigenvalue weighted by Crippen LogP contribution is -2.58. The molecule has 1 fully saturated rings. The standard InChI is InChI=1S/C17H26N2O2/c1-12(2)13-6-8-14(9-7-13)21-15-5-4-10-17(11-15,19-3)16(18)20/h6-9,12,15,19H,4-5,10-11H2,1-3H3,(H2,18,20). The molecular weight excluding hydrogens is 264 g/mol. The van der Waals surface area contributed by atoms with Crippen LogP contribution >= 0.6 is 0 Å². The van der Waals surface area contributed by atoms with Crippen LogP contribution in [0.3, 0.4) is 0 Å². The first kappa shape index (κ1) is 15.8. The number of amides is 1. The van der Waals surface area contributed by atoms with Gasteiger partial charge in [-0.15, -0.1) is 0 Å². The van der Waals surface area contributed by atoms with Gasteiger partial charge in [0.2, 0.25) is 5.91 Å². The quantitative estimate of drug-likeness (QED) is 0.876. The number of hydrogen-bond donors (Lipinski definition) is 2. The van der Waals surface area contributed by atoms with Crippen molar-refractivity contribution < 1.29 is 9.53 Å². The fourth-order valence-corrected chi connectivity index (χ4v) is 3.02. The lowest BCUT2D eigenvalue weighted by atomic mass is 9.79. The molecule has 0 bridgehead atoms. The molecule has 0 radical (unpaired) electrons. The average molecular weight is 290 g/mol. The maximum Gasteiger partial charge on any atom is 0.237 e. The summed E-state index contributed by atoms with van der Waals surface area (Å²) >= 11 is 0. The molecule has 1 aliphatic rings. The van der Waals surface area contributed by atoms with Gasteiger partial charge in [0.1, 0.15) is 17.4 Å². The summed E-state index contributed by atoms with van der Waals surface area (Å²) in [7, 11) is 1.80. The van der Waals surface area contributed by atoms with Crippen LogP contribution in [0.25, 0.3) is 0 Å². The molecule has 2 rings (SSSR count). The van der Waals surface area contributed by atoms with Crippen LogP contribution in [0, 0.1) is 0 Å². The van der Waals surface area contributed by atoms with Gasteiger partial charge in [-0.3, -0.25) is 4.79 Å². The SMILES string of the molecule is CNC1(C(N)=O)CCCC(Oc2ccc(C(C)C)cc2)C1. The molecule has 116 valence electrons. The second kappa shape index (κ2) is 6.48. The van der Waals surface area contributed by atoms with Crippen LogP contribution in [0.2, 0.25) is 0 Å². The van der Waals surface area contributed by atoms with Crippen molar-refractivity contribution in [2.45, 2.75) is 57.1 Å². The van der Waals surface area contributed by atoms with Crippen molar-refractivity contribution in [2.75, 3.05) is 7.05 Å². The molecule has 1 aromatic rings. The number of rotatable bonds is 5. The van der Waals surface area contributed by atoms with E-state index in [0.29, 0.717) is 12.3 Å². The monoisotopic (exact) mass is 290 g/mol. The van der Waals surface area contributed by atoms with Gasteiger partial charge in [-0.25, -0.2) is 0 Å². The first-order valence-corrected chi connectivity index (χ1v) is 7.72. The third-order valence-electron chi connectivity index (χ3n) is 4.51. The molecule has 0 saturated heterocycles. The van der Waals surface area contributed by atoms with E-state index in [1.165, 1.54) is 5.56 Å². The predicted octanol–water partition coefficient (Wildman–Crippen LogP) is 2.57. The molecule has 1 saturated carbocycles. The molecule has 0 aromatic heterocycles. The Morgan fingerprint density at radius 3 is 2.57 bits per heavy atom. The highest BCUT2D eigenvalue weighted by Gasteiger charge is 2.40. The zero-order valence-corrected chi connectivity index (χ0v) is 13.2. The normalized spacial score (nSPS) is 25.8. The molecule has 4 nitrogen and oxygen atoms in total. The lowest BCUT2D eigenvalue weighted by molar-refractivity contribution is -0.126. The van der Waals surface area contributed by atoms with Crippen LogP contribution in [-0.4, -0.2) is 24.6 Å². The minimum atomic E-state index is -0.624. The largest absolute Gasteiger partial charge is 0.490 e. The Morgan fingerprint density at radius 1 is 1.38 bits per heavy atom. The van der Waals surface area contributed by atoms with E-state index in [0.717, 1.165) is 25.0 Å². The Labute approximate surface area is 127 Å². The number of nitrogens with one attached hydrogen (secondary N) is 1. The van der Waals surface area contributed by atoms with Gasteiger partial charge in [0.15, 0.2) is 0 Å². The molecule has 4 heteroatoms. The first-order chi connectivity index (χ1) is 9.97. The summed E-state index contributed by atoms with van der Waals surface area (Å²) in [6.07, 6.45) is 3.35. The van der Waals surface area contributed by atoms with E-state index < -0.39 is 5.54 Å². The van der Waals surface area contributed by atoms with E-state index in [1.54, 1.807) is 7.05 Å². The van der Waals surface area contributed by atoms with E-state index in [1.807, 2.05) is 12.1 Å². The minimum absolute atomic E-state index is 0.0311. The highest BCUT2D eigenvalue weighted by atomic mass is 16.5. The van der Waals surface area contributed by atoms with Gasteiger partial charge < -0.3 is 15.8 Å². The molecule has 0 aliphatic heterocycles. The number of hydrogen-bond acceptors (Lipinski definition) is 3. The fraction of sp³-hybridized carbons (Fsp3) is 0.588. The number of carbonyl (C=O) groups excluding carboxylic acids is 1. The summed E-state index contributed by atoms with van der Waals surface area (Å²) in [5.41, 5.74) is 6.24. The first-order valence-electron chi connectivity index (χ1n) is 7.72. The maximum atomic E-state index is 11.7. The van der Waals surface area contributed by atoms with Crippen LogP contribution in [-0.2, 0) is 4.79 Å². The Balaban J connectivity index is 2.04. The zero-order chi connectivity index (χ0) is 15.5. The third kappa shape index (κ3) is 3.56. The van der Waals surface area contributed by atoms with Gasteiger partial charge in [-0.05, 0) is 49.9 Å². The van der Waals surface area contributed by atoms with Gasteiger partial charge >= 0.3 is 0 Å². The Morgan fingerprint density at radius 2 is 2.05 bits per heavy atom. The van der Waals surface area contributed by atoms with Crippen LogP contribution < -0.4 is 15.8 Å². The summed E-state index contributed by atoms with van der Waals surface area (Å²) in [6.45, 7) is 4.34. The van der Waals surface area contributed by atoms with Crippen LogP contribution in [0.5, 0.6) is 5.75 Å². The highest BCUT2D eigenvalue weighted by Crippen LogP contribution is 2.31. The highest BCUT2D eigenvalue weighted by molar-refractivity contribution is 5.84. The topological polar surface area (TPSA) is 64.3 Å². The average Bonchev–Trinajstić information content (AvgIpc) is 2.47. The summed E-state index contributed by atoms with van der Waals surface area (Å²) in [4.78, 5) is 11.7. The lowest BCUT2D eigenvalue weighted by Gasteiger charge is -2.38. The minimum Gasteiger partial charge on any atom is -0.490 e. The van der Waals surface area contributed by atoms with Gasteiger partial charge in [-0.2, -0.15) is 0 Å². The number of benzene rings is 1. The van der Waals surface area contributed by atoms with Gasteiger partial charge in [-0.1, -0.05) is 26.0 Å². The number of likely N-dealkylation sites (N-methyl/N-ethyl adjacent to an activating group) is 1. The van der Waals surface area contributed by atoms with Crippen LogP contribution in [0.1, 0.15) is 51.0 Å². The molecule has 2 unspecified atom stereocenters. The smallest absolute Gasteiger partial charge is 0.237 e. The van der Waals surface area contributed by atoms with Crippen molar-refractivity contribution in [3.05, 3.63) is 29.8 Å². The van der Waals surface area contributed by atoms with Crippen molar-refractivity contribution in [2.24, 2.45) is 5.73 Å². The molecular formula is C17H26N2O2. The zero-order valence-electron chi connectivity index (χ0n) is 13.2. The van der Waals surface area contributed by atoms with E-state index >= 15 is 0 Å². The Hall–Kier alpha value is -1.55. The molecule has 0 heterocycles. The molecule has 0 spiro atoms. The van der Waals surface area contributed by atoms with Crippen LogP contribution in [0.15, 0.2) is 24.3 Å². The predicted molar refractivity (Wildman–Crippen MR) is 84.4 cm³/mol. The van der Waals surface area contributed by atoms with Crippen molar-refractivity contribution in [1.82, 2.24) is 5.32 Å². The van der Waals surface area contributed by atoms with Crippen molar-refractivity contribution in [3.63, 3.8) is 0 Å². The summed E-state index contributed by atoms with van der Waals surface area (Å²) < 4.78 is 6.05. The number of ether oxygens (including phenoxy) is 1. The number of carbonyl (C=O) groups is 1. The van der Waals surface area contributed by atoms with Gasteiger partial charge in [0.25, 0.3) is 0 Å². The molecule has 1 amide bonds. The third-order valence-corrected chi connectivity index (χ3v) is 4.51. The number of nitrogens with two attached hydrogens (primary N) is 1. The van der Waals surface area contributed by atoms with Gasteiger partial charge in [0, 0.05) is 6.42 Å². The fourth-order valence-electron chi connectivity index (χ4n) is 3.02. The summed E-state index contributed by atoms with van der Waals surface area (Å²) in [5, 5.41) is 3.10. The second-order valence-corrected chi connectivity index (χ2v) is 6.26. The van der Waals surface area contributed by atoms with E-state index in [4.69, 9.17) is 10.5 Å². The van der Waals surface area contributed by atoms with Crippen LogP contribution in [0.4, 0.5) is 0 Å². The van der Waals surface area contributed by atoms with Gasteiger partial charge in [0.05, 0.1) is 0 Å². The Kier molecular flexibility index (Phi) is 4.88. The van der Waals surface area contributed by atoms with E-state index in [-0.39, 0.29) is 12.0 Å². The molecule has 21 heavy (non-hydrogen) atoms. The Bertz CT molecular complexity index is 484. The number of primary amides is 1. The maximum absolute atomic E-state index is 11.7. The van der Waals surface area contributed by atoms with Crippen molar-refractivity contribution in [3.8, 4) is 5.75 Å².